The van der Waals surface area contributed by atoms with Crippen LogP contribution in [-0.4, -0.2) is 0 Å². The highest BCUT2D eigenvalue weighted by atomic mass is 32.1. The average molecular weight is 298 g/mol. The fraction of sp³-hybridized carbons (Fsp3) is 0.368. The van der Waals surface area contributed by atoms with Gasteiger partial charge in [0.25, 0.3) is 0 Å². The Bertz CT molecular complexity index is 566. The molecule has 0 spiro atoms. The fourth-order valence-corrected chi connectivity index (χ4v) is 3.37. The van der Waals surface area contributed by atoms with Crippen LogP contribution in [-0.2, 0) is 0 Å². The molecule has 0 aliphatic heterocycles. The van der Waals surface area contributed by atoms with Crippen molar-refractivity contribution in [3.63, 3.8) is 0 Å². The Morgan fingerprint density at radius 2 is 1.33 bits per heavy atom. The molecule has 2 aromatic rings. The summed E-state index contributed by atoms with van der Waals surface area (Å²) in [6.07, 6.45) is 5.43. The first kappa shape index (κ1) is 14.5. The maximum absolute atomic E-state index is 4.91. The van der Waals surface area contributed by atoms with Crippen LogP contribution in [0, 0.1) is 5.92 Å². The molecule has 0 heterocycles. The predicted octanol–water partition coefficient (Wildman–Crippen LogP) is 5.87. The molecule has 0 bridgehead atoms. The minimum Gasteiger partial charge on any atom is -0.429 e. The summed E-state index contributed by atoms with van der Waals surface area (Å²) in [7, 11) is 0. The highest BCUT2D eigenvalue weighted by Gasteiger charge is 2.19. The second kappa shape index (κ2) is 6.57. The van der Waals surface area contributed by atoms with Crippen LogP contribution in [0.5, 0.6) is 5.75 Å². The van der Waals surface area contributed by atoms with Crippen LogP contribution >= 0.6 is 12.9 Å². The zero-order valence-corrected chi connectivity index (χ0v) is 13.4. The van der Waals surface area contributed by atoms with Crippen LogP contribution in [0.4, 0.5) is 0 Å². The van der Waals surface area contributed by atoms with Crippen LogP contribution in [0.1, 0.15) is 44.1 Å². The first-order valence-electron chi connectivity index (χ1n) is 7.78. The molecule has 3 rings (SSSR count). The zero-order valence-electron chi connectivity index (χ0n) is 12.5. The molecule has 0 N–H and O–H groups in total. The van der Waals surface area contributed by atoms with Gasteiger partial charge >= 0.3 is 0 Å². The number of hydrogen-bond acceptors (Lipinski definition) is 2. The van der Waals surface area contributed by atoms with Gasteiger partial charge in [0.15, 0.2) is 0 Å². The standard InChI is InChI=1S/C19H22OS/c1-14-2-4-15(5-3-14)16-6-8-17(9-7-16)18-10-12-19(20-21)13-11-18/h6-15,21H,2-5H2,1H3. The van der Waals surface area contributed by atoms with Crippen molar-refractivity contribution in [2.24, 2.45) is 5.92 Å². The molecular weight excluding hydrogens is 276 g/mol. The molecule has 1 fully saturated rings. The smallest absolute Gasteiger partial charge is 0.137 e. The van der Waals surface area contributed by atoms with E-state index < -0.39 is 0 Å². The van der Waals surface area contributed by atoms with Gasteiger partial charge in [0.2, 0.25) is 0 Å². The SMILES string of the molecule is CC1CCC(c2ccc(-c3ccc(OS)cc3)cc2)CC1. The highest BCUT2D eigenvalue weighted by Crippen LogP contribution is 2.36. The second-order valence-corrected chi connectivity index (χ2v) is 6.38. The zero-order chi connectivity index (χ0) is 14.7. The second-order valence-electron chi connectivity index (χ2n) is 6.19. The van der Waals surface area contributed by atoms with Crippen LogP contribution < -0.4 is 4.18 Å². The minimum atomic E-state index is 0.759. The van der Waals surface area contributed by atoms with Crippen LogP contribution in [0.15, 0.2) is 48.5 Å². The van der Waals surface area contributed by atoms with Crippen molar-refractivity contribution in [2.45, 2.75) is 38.5 Å². The van der Waals surface area contributed by atoms with E-state index in [0.717, 1.165) is 17.6 Å². The van der Waals surface area contributed by atoms with E-state index in [4.69, 9.17) is 4.18 Å². The van der Waals surface area contributed by atoms with Gasteiger partial charge < -0.3 is 4.18 Å². The Morgan fingerprint density at radius 3 is 1.86 bits per heavy atom. The van der Waals surface area contributed by atoms with Gasteiger partial charge in [0.05, 0.1) is 0 Å². The van der Waals surface area contributed by atoms with Gasteiger partial charge in [-0.2, -0.15) is 0 Å². The monoisotopic (exact) mass is 298 g/mol. The van der Waals surface area contributed by atoms with Crippen molar-refractivity contribution in [3.8, 4) is 16.9 Å². The van der Waals surface area contributed by atoms with Gasteiger partial charge in [-0.05, 0) is 53.5 Å². The molecule has 1 saturated carbocycles. The maximum Gasteiger partial charge on any atom is 0.137 e. The van der Waals surface area contributed by atoms with Gasteiger partial charge in [-0.3, -0.25) is 0 Å². The van der Waals surface area contributed by atoms with Crippen molar-refractivity contribution < 1.29 is 4.18 Å². The predicted molar refractivity (Wildman–Crippen MR) is 91.9 cm³/mol. The van der Waals surface area contributed by atoms with E-state index in [1.807, 2.05) is 12.1 Å². The largest absolute Gasteiger partial charge is 0.429 e. The van der Waals surface area contributed by atoms with Crippen molar-refractivity contribution in [1.82, 2.24) is 0 Å². The van der Waals surface area contributed by atoms with Crippen molar-refractivity contribution >= 4 is 12.9 Å². The summed E-state index contributed by atoms with van der Waals surface area (Å²) in [6.45, 7) is 2.37. The Morgan fingerprint density at radius 1 is 0.810 bits per heavy atom. The van der Waals surface area contributed by atoms with Gasteiger partial charge in [0.1, 0.15) is 5.75 Å². The van der Waals surface area contributed by atoms with E-state index in [1.54, 1.807) is 0 Å². The Kier molecular flexibility index (Phi) is 4.54. The van der Waals surface area contributed by atoms with Crippen LogP contribution in [0.2, 0.25) is 0 Å². The lowest BCUT2D eigenvalue weighted by Crippen LogP contribution is -2.10. The molecule has 0 unspecified atom stereocenters. The van der Waals surface area contributed by atoms with E-state index >= 15 is 0 Å². The summed E-state index contributed by atoms with van der Waals surface area (Å²) in [6, 6.07) is 17.1. The van der Waals surface area contributed by atoms with Crippen molar-refractivity contribution in [1.29, 1.82) is 0 Å². The molecule has 0 aromatic heterocycles. The van der Waals surface area contributed by atoms with E-state index in [1.165, 1.54) is 42.4 Å². The number of thiol groups is 1. The first-order chi connectivity index (χ1) is 10.3. The third-order valence-corrected chi connectivity index (χ3v) is 4.90. The Balaban J connectivity index is 1.74. The third-order valence-electron chi connectivity index (χ3n) is 4.69. The first-order valence-corrected chi connectivity index (χ1v) is 8.14. The third kappa shape index (κ3) is 3.44. The van der Waals surface area contributed by atoms with Crippen LogP contribution in [0.25, 0.3) is 11.1 Å². The average Bonchev–Trinajstić information content (AvgIpc) is 2.56. The summed E-state index contributed by atoms with van der Waals surface area (Å²) in [4.78, 5) is 0. The van der Waals surface area contributed by atoms with Crippen molar-refractivity contribution in [2.75, 3.05) is 0 Å². The quantitative estimate of drug-likeness (QED) is 0.550. The number of hydrogen-bond donors (Lipinski definition) is 1. The lowest BCUT2D eigenvalue weighted by molar-refractivity contribution is 0.348. The summed E-state index contributed by atoms with van der Waals surface area (Å²) < 4.78 is 4.91. The fourth-order valence-electron chi connectivity index (χ4n) is 3.25. The molecule has 1 nitrogen and oxygen atoms in total. The topological polar surface area (TPSA) is 9.23 Å². The molecule has 0 atom stereocenters. The summed E-state index contributed by atoms with van der Waals surface area (Å²) in [5.41, 5.74) is 3.97. The van der Waals surface area contributed by atoms with Gasteiger partial charge in [-0.15, -0.1) is 0 Å². The molecule has 0 radical (unpaired) electrons. The molecule has 0 amide bonds. The Labute approximate surface area is 133 Å². The summed E-state index contributed by atoms with van der Waals surface area (Å²) in [5, 5.41) is 0. The summed E-state index contributed by atoms with van der Waals surface area (Å²) in [5.74, 6) is 2.44. The van der Waals surface area contributed by atoms with E-state index in [9.17, 15) is 0 Å². The van der Waals surface area contributed by atoms with Crippen molar-refractivity contribution in [3.05, 3.63) is 54.1 Å². The maximum atomic E-state index is 4.91. The molecule has 2 heteroatoms. The molecule has 21 heavy (non-hydrogen) atoms. The number of benzene rings is 2. The molecule has 0 saturated heterocycles. The molecule has 1 aliphatic carbocycles. The Hall–Kier alpha value is -1.41. The molecule has 1 aliphatic rings. The molecule has 110 valence electrons. The molecule has 2 aromatic carbocycles. The number of rotatable bonds is 3. The van der Waals surface area contributed by atoms with E-state index in [0.29, 0.717) is 0 Å². The van der Waals surface area contributed by atoms with Gasteiger partial charge in [-0.25, -0.2) is 0 Å². The molecular formula is C19H22OS. The lowest BCUT2D eigenvalue weighted by atomic mass is 9.79. The van der Waals surface area contributed by atoms with Gasteiger partial charge in [-0.1, -0.05) is 56.2 Å². The minimum absolute atomic E-state index is 0.759. The highest BCUT2D eigenvalue weighted by molar-refractivity contribution is 7.75. The van der Waals surface area contributed by atoms with E-state index in [-0.39, 0.29) is 0 Å². The summed E-state index contributed by atoms with van der Waals surface area (Å²) >= 11 is 3.81. The van der Waals surface area contributed by atoms with Gasteiger partial charge in [0, 0.05) is 12.9 Å². The normalized spacial score (nSPS) is 22.0. The van der Waals surface area contributed by atoms with E-state index in [2.05, 4.69) is 56.2 Å². The van der Waals surface area contributed by atoms with Crippen LogP contribution in [0.3, 0.4) is 0 Å². The lowest BCUT2D eigenvalue weighted by Gasteiger charge is -2.26.